The third-order valence-electron chi connectivity index (χ3n) is 4.24. The van der Waals surface area contributed by atoms with E-state index in [1.807, 2.05) is 6.92 Å². The Hall–Kier alpha value is -3.42. The van der Waals surface area contributed by atoms with E-state index in [1.165, 1.54) is 22.9 Å². The van der Waals surface area contributed by atoms with Gasteiger partial charge in [-0.2, -0.15) is 5.10 Å². The van der Waals surface area contributed by atoms with Gasteiger partial charge in [0.25, 0.3) is 0 Å². The van der Waals surface area contributed by atoms with Crippen LogP contribution in [-0.2, 0) is 6.54 Å². The summed E-state index contributed by atoms with van der Waals surface area (Å²) < 4.78 is 29.2. The standard InChI is InChI=1S/C20H20F2N4O2/c1-12-9-24-26(11-12)18-5-4-15(8-16(18)21)13(2)25-20(28)23-10-14-3-6-19(27)17(22)7-14/h3-9,11,13,27H,10H2,1-2H3,(H2,23,25,28). The third kappa shape index (κ3) is 4.46. The van der Waals surface area contributed by atoms with Crippen molar-refractivity contribution in [2.45, 2.75) is 26.4 Å². The molecule has 1 heterocycles. The van der Waals surface area contributed by atoms with Crippen molar-refractivity contribution < 1.29 is 18.7 Å². The zero-order valence-corrected chi connectivity index (χ0v) is 15.4. The summed E-state index contributed by atoms with van der Waals surface area (Å²) in [6, 6.07) is 7.62. The van der Waals surface area contributed by atoms with Crippen molar-refractivity contribution in [3.05, 3.63) is 77.1 Å². The summed E-state index contributed by atoms with van der Waals surface area (Å²) >= 11 is 0. The Morgan fingerprint density at radius 3 is 2.64 bits per heavy atom. The van der Waals surface area contributed by atoms with E-state index in [9.17, 15) is 18.7 Å². The summed E-state index contributed by atoms with van der Waals surface area (Å²) in [5.41, 5.74) is 2.34. The minimum atomic E-state index is -0.754. The molecule has 2 amide bonds. The molecule has 1 atom stereocenters. The van der Waals surface area contributed by atoms with Crippen LogP contribution in [0.1, 0.15) is 29.7 Å². The summed E-state index contributed by atoms with van der Waals surface area (Å²) in [5.74, 6) is -1.65. The number of benzene rings is 2. The van der Waals surface area contributed by atoms with Gasteiger partial charge in [0.15, 0.2) is 11.6 Å². The predicted molar refractivity (Wildman–Crippen MR) is 100 cm³/mol. The maximum absolute atomic E-state index is 14.4. The van der Waals surface area contributed by atoms with E-state index >= 15 is 0 Å². The number of phenols is 1. The number of hydrogen-bond donors (Lipinski definition) is 3. The molecule has 0 saturated carbocycles. The van der Waals surface area contributed by atoms with Crippen LogP contribution in [0.25, 0.3) is 5.69 Å². The molecule has 0 aliphatic heterocycles. The molecule has 3 rings (SSSR count). The van der Waals surface area contributed by atoms with Crippen LogP contribution in [-0.4, -0.2) is 20.9 Å². The zero-order chi connectivity index (χ0) is 20.3. The Balaban J connectivity index is 1.60. The molecule has 1 aromatic heterocycles. The Labute approximate surface area is 160 Å². The molecule has 146 valence electrons. The second-order valence-electron chi connectivity index (χ2n) is 6.51. The summed E-state index contributed by atoms with van der Waals surface area (Å²) in [6.07, 6.45) is 3.36. The van der Waals surface area contributed by atoms with Gasteiger partial charge >= 0.3 is 6.03 Å². The van der Waals surface area contributed by atoms with E-state index in [0.29, 0.717) is 16.8 Å². The van der Waals surface area contributed by atoms with Crippen LogP contribution in [0.4, 0.5) is 13.6 Å². The topological polar surface area (TPSA) is 79.2 Å². The molecule has 0 fully saturated rings. The van der Waals surface area contributed by atoms with Gasteiger partial charge in [-0.05, 0) is 54.8 Å². The number of rotatable bonds is 5. The van der Waals surface area contributed by atoms with Crippen molar-refractivity contribution in [1.82, 2.24) is 20.4 Å². The van der Waals surface area contributed by atoms with Gasteiger partial charge in [0.2, 0.25) is 0 Å². The van der Waals surface area contributed by atoms with Crippen LogP contribution in [0.3, 0.4) is 0 Å². The largest absolute Gasteiger partial charge is 0.505 e. The summed E-state index contributed by atoms with van der Waals surface area (Å²) in [4.78, 5) is 12.1. The number of carbonyl (C=O) groups excluding carboxylic acids is 1. The number of aromatic hydroxyl groups is 1. The molecular weight excluding hydrogens is 366 g/mol. The van der Waals surface area contributed by atoms with Crippen LogP contribution in [0, 0.1) is 18.6 Å². The lowest BCUT2D eigenvalue weighted by atomic mass is 10.1. The van der Waals surface area contributed by atoms with Gasteiger partial charge in [0.1, 0.15) is 11.5 Å². The van der Waals surface area contributed by atoms with Crippen molar-refractivity contribution in [3.63, 3.8) is 0 Å². The normalized spacial score (nSPS) is 11.9. The van der Waals surface area contributed by atoms with E-state index in [1.54, 1.807) is 31.5 Å². The van der Waals surface area contributed by atoms with Crippen LogP contribution in [0.5, 0.6) is 5.75 Å². The molecule has 0 saturated heterocycles. The van der Waals surface area contributed by atoms with E-state index in [-0.39, 0.29) is 6.54 Å². The number of hydrogen-bond acceptors (Lipinski definition) is 3. The van der Waals surface area contributed by atoms with Crippen LogP contribution < -0.4 is 10.6 Å². The van der Waals surface area contributed by atoms with Crippen LogP contribution in [0.2, 0.25) is 0 Å². The van der Waals surface area contributed by atoms with Crippen LogP contribution >= 0.6 is 0 Å². The highest BCUT2D eigenvalue weighted by Crippen LogP contribution is 2.20. The Kier molecular flexibility index (Phi) is 5.58. The summed E-state index contributed by atoms with van der Waals surface area (Å²) in [7, 11) is 0. The minimum absolute atomic E-state index is 0.0850. The number of halogens is 2. The third-order valence-corrected chi connectivity index (χ3v) is 4.24. The van der Waals surface area contributed by atoms with Gasteiger partial charge in [-0.25, -0.2) is 18.3 Å². The molecule has 1 unspecified atom stereocenters. The average molecular weight is 386 g/mol. The van der Waals surface area contributed by atoms with E-state index < -0.39 is 29.5 Å². The molecule has 0 aliphatic carbocycles. The number of nitrogens with one attached hydrogen (secondary N) is 2. The number of aryl methyl sites for hydroxylation is 1. The maximum Gasteiger partial charge on any atom is 0.315 e. The zero-order valence-electron chi connectivity index (χ0n) is 15.4. The lowest BCUT2D eigenvalue weighted by molar-refractivity contribution is 0.237. The molecule has 3 aromatic rings. The van der Waals surface area contributed by atoms with E-state index in [0.717, 1.165) is 11.6 Å². The number of amides is 2. The average Bonchev–Trinajstić information content (AvgIpc) is 3.08. The van der Waals surface area contributed by atoms with Gasteiger partial charge in [-0.1, -0.05) is 12.1 Å². The fourth-order valence-electron chi connectivity index (χ4n) is 2.70. The number of aromatic nitrogens is 2. The molecule has 6 nitrogen and oxygen atoms in total. The quantitative estimate of drug-likeness (QED) is 0.625. The number of phenolic OH excluding ortho intramolecular Hbond substituents is 1. The molecule has 3 N–H and O–H groups in total. The SMILES string of the molecule is Cc1cnn(-c2ccc(C(C)NC(=O)NCc3ccc(O)c(F)c3)cc2F)c1. The molecule has 0 bridgehead atoms. The van der Waals surface area contributed by atoms with Crippen molar-refractivity contribution >= 4 is 6.03 Å². The second-order valence-corrected chi connectivity index (χ2v) is 6.51. The summed E-state index contributed by atoms with van der Waals surface area (Å²) in [6.45, 7) is 3.68. The first kappa shape index (κ1) is 19.3. The van der Waals surface area contributed by atoms with Crippen molar-refractivity contribution in [1.29, 1.82) is 0 Å². The highest BCUT2D eigenvalue weighted by atomic mass is 19.1. The smallest absolute Gasteiger partial charge is 0.315 e. The van der Waals surface area contributed by atoms with Gasteiger partial charge in [0, 0.05) is 12.7 Å². The second kappa shape index (κ2) is 8.08. The Bertz CT molecular complexity index is 1000. The molecular formula is C20H20F2N4O2. The first-order valence-electron chi connectivity index (χ1n) is 8.66. The van der Waals surface area contributed by atoms with Crippen LogP contribution in [0.15, 0.2) is 48.8 Å². The summed E-state index contributed by atoms with van der Waals surface area (Å²) in [5, 5.41) is 18.6. The molecule has 2 aromatic carbocycles. The Morgan fingerprint density at radius 1 is 1.21 bits per heavy atom. The molecule has 0 aliphatic rings. The lowest BCUT2D eigenvalue weighted by Gasteiger charge is -2.16. The monoisotopic (exact) mass is 386 g/mol. The van der Waals surface area contributed by atoms with E-state index in [2.05, 4.69) is 15.7 Å². The molecule has 0 spiro atoms. The highest BCUT2D eigenvalue weighted by Gasteiger charge is 2.13. The molecule has 0 radical (unpaired) electrons. The first-order valence-corrected chi connectivity index (χ1v) is 8.66. The minimum Gasteiger partial charge on any atom is -0.505 e. The maximum atomic E-state index is 14.4. The van der Waals surface area contributed by atoms with Gasteiger partial charge in [0.05, 0.1) is 12.2 Å². The van der Waals surface area contributed by atoms with E-state index in [4.69, 9.17) is 0 Å². The van der Waals surface area contributed by atoms with Gasteiger partial charge < -0.3 is 15.7 Å². The number of carbonyl (C=O) groups is 1. The number of urea groups is 1. The molecule has 28 heavy (non-hydrogen) atoms. The highest BCUT2D eigenvalue weighted by molar-refractivity contribution is 5.74. The predicted octanol–water partition coefficient (Wildman–Crippen LogP) is 3.72. The number of nitrogens with zero attached hydrogens (tertiary/aromatic N) is 2. The van der Waals surface area contributed by atoms with Gasteiger partial charge in [-0.3, -0.25) is 0 Å². The first-order chi connectivity index (χ1) is 13.3. The lowest BCUT2D eigenvalue weighted by Crippen LogP contribution is -2.36. The van der Waals surface area contributed by atoms with Crippen molar-refractivity contribution in [2.75, 3.05) is 0 Å². The van der Waals surface area contributed by atoms with Gasteiger partial charge in [-0.15, -0.1) is 0 Å². The van der Waals surface area contributed by atoms with Crippen molar-refractivity contribution in [3.8, 4) is 11.4 Å². The fraction of sp³-hybridized carbons (Fsp3) is 0.200. The Morgan fingerprint density at radius 2 is 2.00 bits per heavy atom. The molecule has 8 heteroatoms. The fourth-order valence-corrected chi connectivity index (χ4v) is 2.70. The van der Waals surface area contributed by atoms with Crippen molar-refractivity contribution in [2.24, 2.45) is 0 Å².